The van der Waals surface area contributed by atoms with Gasteiger partial charge in [-0.2, -0.15) is 5.06 Å². The average Bonchev–Trinajstić information content (AvgIpc) is 2.48. The molecule has 0 aliphatic rings. The number of carbonyl (C=O) groups is 2. The molecule has 0 atom stereocenters. The standard InChI is InChI=1S/C15H24F2N2O5/c1-10(2)19(24-14(21)23-8-7-22-6)13(20)12(9-18-5)11(3)15(4,16)17/h9-10H,7-8H2,1-6H3/b12-11-,18-9?. The number of aliphatic imine (C=N–C) groups is 1. The van der Waals surface area contributed by atoms with Crippen LogP contribution in [0.3, 0.4) is 0 Å². The van der Waals surface area contributed by atoms with Crippen LogP contribution in [0.2, 0.25) is 0 Å². The van der Waals surface area contributed by atoms with Crippen molar-refractivity contribution in [2.45, 2.75) is 39.7 Å². The van der Waals surface area contributed by atoms with E-state index in [0.29, 0.717) is 12.0 Å². The lowest BCUT2D eigenvalue weighted by Crippen LogP contribution is -2.41. The summed E-state index contributed by atoms with van der Waals surface area (Å²) >= 11 is 0. The summed E-state index contributed by atoms with van der Waals surface area (Å²) in [6.45, 7) is 4.98. The molecule has 0 bridgehead atoms. The predicted molar refractivity (Wildman–Crippen MR) is 84.0 cm³/mol. The molecule has 24 heavy (non-hydrogen) atoms. The van der Waals surface area contributed by atoms with Crippen LogP contribution in [0.1, 0.15) is 27.7 Å². The summed E-state index contributed by atoms with van der Waals surface area (Å²) in [5, 5.41) is 0.668. The van der Waals surface area contributed by atoms with Gasteiger partial charge in [-0.05, 0) is 20.8 Å². The number of ether oxygens (including phenoxy) is 2. The zero-order valence-corrected chi connectivity index (χ0v) is 14.8. The molecule has 0 saturated carbocycles. The quantitative estimate of drug-likeness (QED) is 0.232. The summed E-state index contributed by atoms with van der Waals surface area (Å²) in [4.78, 5) is 32.6. The van der Waals surface area contributed by atoms with Gasteiger partial charge in [-0.3, -0.25) is 9.79 Å². The maximum Gasteiger partial charge on any atom is 0.533 e. The van der Waals surface area contributed by atoms with Gasteiger partial charge in [0.15, 0.2) is 0 Å². The molecular weight excluding hydrogens is 326 g/mol. The zero-order chi connectivity index (χ0) is 18.9. The Kier molecular flexibility index (Phi) is 9.12. The Labute approximate surface area is 140 Å². The average molecular weight is 350 g/mol. The van der Waals surface area contributed by atoms with E-state index < -0.39 is 29.6 Å². The molecule has 138 valence electrons. The van der Waals surface area contributed by atoms with E-state index >= 15 is 0 Å². The maximum absolute atomic E-state index is 13.5. The number of nitrogens with zero attached hydrogens (tertiary/aromatic N) is 2. The smallest absolute Gasteiger partial charge is 0.430 e. The van der Waals surface area contributed by atoms with Gasteiger partial charge in [0.25, 0.3) is 11.8 Å². The summed E-state index contributed by atoms with van der Waals surface area (Å²) in [7, 11) is 2.77. The molecule has 0 spiro atoms. The summed E-state index contributed by atoms with van der Waals surface area (Å²) in [5.74, 6) is -4.15. The van der Waals surface area contributed by atoms with Gasteiger partial charge in [-0.1, -0.05) is 0 Å². The first kappa shape index (κ1) is 22.0. The van der Waals surface area contributed by atoms with Crippen LogP contribution in [0.5, 0.6) is 0 Å². The summed E-state index contributed by atoms with van der Waals surface area (Å²) in [5.41, 5.74) is -0.844. The first-order chi connectivity index (χ1) is 11.1. The molecule has 0 aromatic rings. The summed E-state index contributed by atoms with van der Waals surface area (Å²) in [6, 6.07) is -0.606. The Balaban J connectivity index is 5.42. The normalized spacial score (nSPS) is 13.0. The van der Waals surface area contributed by atoms with Gasteiger partial charge in [0.2, 0.25) is 0 Å². The fourth-order valence-electron chi connectivity index (χ4n) is 1.49. The first-order valence-electron chi connectivity index (χ1n) is 7.24. The molecule has 0 unspecified atom stereocenters. The van der Waals surface area contributed by atoms with E-state index in [0.717, 1.165) is 13.1 Å². The molecule has 9 heteroatoms. The number of amides is 1. The number of alkyl halides is 2. The molecule has 0 heterocycles. The second kappa shape index (κ2) is 9.96. The minimum absolute atomic E-state index is 0.0688. The minimum atomic E-state index is -3.23. The van der Waals surface area contributed by atoms with Crippen LogP contribution in [-0.4, -0.2) is 62.7 Å². The number of methoxy groups -OCH3 is 1. The highest BCUT2D eigenvalue weighted by Gasteiger charge is 2.33. The van der Waals surface area contributed by atoms with Gasteiger partial charge in [0, 0.05) is 32.9 Å². The summed E-state index contributed by atoms with van der Waals surface area (Å²) < 4.78 is 36.5. The largest absolute Gasteiger partial charge is 0.533 e. The third-order valence-corrected chi connectivity index (χ3v) is 2.90. The van der Waals surface area contributed by atoms with E-state index in [4.69, 9.17) is 14.3 Å². The number of hydroxylamine groups is 2. The molecular formula is C15H24F2N2O5. The predicted octanol–water partition coefficient (Wildman–Crippen LogP) is 2.61. The van der Waals surface area contributed by atoms with Crippen molar-refractivity contribution < 1.29 is 32.7 Å². The number of carbonyl (C=O) groups excluding carboxylic acids is 2. The molecule has 7 nitrogen and oxygen atoms in total. The van der Waals surface area contributed by atoms with Crippen molar-refractivity contribution in [3.05, 3.63) is 11.1 Å². The number of halogens is 2. The van der Waals surface area contributed by atoms with E-state index in [1.165, 1.54) is 14.2 Å². The Morgan fingerprint density at radius 1 is 1.29 bits per heavy atom. The molecule has 0 rings (SSSR count). The Morgan fingerprint density at radius 2 is 1.88 bits per heavy atom. The lowest BCUT2D eigenvalue weighted by atomic mass is 10.0. The van der Waals surface area contributed by atoms with Crippen LogP contribution in [0.4, 0.5) is 13.6 Å². The second-order valence-corrected chi connectivity index (χ2v) is 5.22. The molecule has 0 aromatic carbocycles. The van der Waals surface area contributed by atoms with Crippen LogP contribution in [-0.2, 0) is 19.1 Å². The van der Waals surface area contributed by atoms with E-state index in [1.54, 1.807) is 13.8 Å². The minimum Gasteiger partial charge on any atom is -0.430 e. The third-order valence-electron chi connectivity index (χ3n) is 2.90. The number of hydrogen-bond donors (Lipinski definition) is 0. The van der Waals surface area contributed by atoms with Crippen molar-refractivity contribution in [1.82, 2.24) is 5.06 Å². The molecule has 0 radical (unpaired) electrons. The van der Waals surface area contributed by atoms with Gasteiger partial charge in [-0.25, -0.2) is 13.6 Å². The highest BCUT2D eigenvalue weighted by molar-refractivity contribution is 6.12. The van der Waals surface area contributed by atoms with Crippen molar-refractivity contribution in [2.24, 2.45) is 4.99 Å². The molecule has 0 N–H and O–H groups in total. The lowest BCUT2D eigenvalue weighted by Gasteiger charge is -2.25. The topological polar surface area (TPSA) is 77.4 Å². The van der Waals surface area contributed by atoms with E-state index in [2.05, 4.69) is 4.99 Å². The van der Waals surface area contributed by atoms with Crippen molar-refractivity contribution >= 4 is 18.3 Å². The van der Waals surface area contributed by atoms with Gasteiger partial charge >= 0.3 is 6.16 Å². The fourth-order valence-corrected chi connectivity index (χ4v) is 1.49. The highest BCUT2D eigenvalue weighted by atomic mass is 19.3. The van der Waals surface area contributed by atoms with Gasteiger partial charge in [0.1, 0.15) is 6.61 Å². The van der Waals surface area contributed by atoms with E-state index in [1.807, 2.05) is 0 Å². The van der Waals surface area contributed by atoms with Gasteiger partial charge in [0.05, 0.1) is 18.2 Å². The Bertz CT molecular complexity index is 499. The molecule has 0 aliphatic carbocycles. The Morgan fingerprint density at radius 3 is 2.29 bits per heavy atom. The zero-order valence-electron chi connectivity index (χ0n) is 14.8. The molecule has 0 aliphatic heterocycles. The Hall–Kier alpha value is -2.03. The molecule has 0 fully saturated rings. The highest BCUT2D eigenvalue weighted by Crippen LogP contribution is 2.26. The second-order valence-electron chi connectivity index (χ2n) is 5.22. The molecule has 1 amide bonds. The maximum atomic E-state index is 13.5. The first-order valence-corrected chi connectivity index (χ1v) is 7.24. The monoisotopic (exact) mass is 350 g/mol. The number of hydrogen-bond acceptors (Lipinski definition) is 6. The van der Waals surface area contributed by atoms with E-state index in [-0.39, 0.29) is 18.8 Å². The van der Waals surface area contributed by atoms with Crippen LogP contribution in [0.15, 0.2) is 16.1 Å². The molecule has 0 aromatic heterocycles. The number of rotatable bonds is 7. The van der Waals surface area contributed by atoms with Crippen LogP contribution < -0.4 is 0 Å². The summed E-state index contributed by atoms with van der Waals surface area (Å²) in [6.07, 6.45) is -0.132. The SMILES string of the molecule is CN=C/C(C(=O)N(OC(=O)OCCOC)C(C)C)=C(\C)C(C)(F)F. The molecule has 0 saturated heterocycles. The van der Waals surface area contributed by atoms with Crippen molar-refractivity contribution in [1.29, 1.82) is 0 Å². The van der Waals surface area contributed by atoms with E-state index in [9.17, 15) is 18.4 Å². The third kappa shape index (κ3) is 7.03. The fraction of sp³-hybridized carbons (Fsp3) is 0.667. The van der Waals surface area contributed by atoms with Crippen molar-refractivity contribution in [3.63, 3.8) is 0 Å². The number of allylic oxidation sites excluding steroid dienone is 1. The van der Waals surface area contributed by atoms with Gasteiger partial charge in [-0.15, -0.1) is 0 Å². The van der Waals surface area contributed by atoms with Crippen molar-refractivity contribution in [2.75, 3.05) is 27.4 Å². The van der Waals surface area contributed by atoms with Gasteiger partial charge < -0.3 is 14.3 Å². The van der Waals surface area contributed by atoms with Crippen molar-refractivity contribution in [3.8, 4) is 0 Å². The van der Waals surface area contributed by atoms with Crippen LogP contribution >= 0.6 is 0 Å². The van der Waals surface area contributed by atoms with Crippen LogP contribution in [0, 0.1) is 0 Å². The lowest BCUT2D eigenvalue weighted by molar-refractivity contribution is -0.176. The van der Waals surface area contributed by atoms with Crippen LogP contribution in [0.25, 0.3) is 0 Å².